The fourth-order valence-corrected chi connectivity index (χ4v) is 1.64. The minimum absolute atomic E-state index is 0.656. The van der Waals surface area contributed by atoms with Crippen molar-refractivity contribution in [3.63, 3.8) is 0 Å². The maximum atomic E-state index is 3.21. The van der Waals surface area contributed by atoms with Crippen molar-refractivity contribution < 1.29 is 0 Å². The molecule has 0 nitrogen and oxygen atoms in total. The number of hydrogen-bond acceptors (Lipinski definition) is 0. The summed E-state index contributed by atoms with van der Waals surface area (Å²) in [5.74, 6) is 7.05. The molecule has 0 heterocycles. The van der Waals surface area contributed by atoms with Crippen LogP contribution in [0.1, 0.15) is 36.8 Å². The third-order valence-electron chi connectivity index (χ3n) is 2.42. The maximum absolute atomic E-state index is 3.21. The topological polar surface area (TPSA) is 0 Å². The Kier molecular flexibility index (Phi) is 1.87. The van der Waals surface area contributed by atoms with Crippen molar-refractivity contribution in [2.75, 3.05) is 0 Å². The first-order valence-electron chi connectivity index (χ1n) is 4.46. The van der Waals surface area contributed by atoms with E-state index in [1.165, 1.54) is 17.5 Å². The zero-order valence-corrected chi connectivity index (χ0v) is 7.30. The Hall–Kier alpha value is -1.22. The quantitative estimate of drug-likeness (QED) is 0.507. The molecule has 60 valence electrons. The molecule has 1 aliphatic rings. The van der Waals surface area contributed by atoms with Crippen molar-refractivity contribution in [3.8, 4) is 11.8 Å². The summed E-state index contributed by atoms with van der Waals surface area (Å²) in [6.07, 6.45) is 2.24. The molecule has 0 saturated carbocycles. The Balaban J connectivity index is 2.52. The van der Waals surface area contributed by atoms with Gasteiger partial charge < -0.3 is 0 Å². The van der Waals surface area contributed by atoms with Crippen molar-refractivity contribution in [2.45, 2.75) is 25.7 Å². The summed E-state index contributed by atoms with van der Waals surface area (Å²) in [5.41, 5.74) is 2.64. The summed E-state index contributed by atoms with van der Waals surface area (Å²) in [6.45, 7) is 2.27. The van der Waals surface area contributed by atoms with E-state index >= 15 is 0 Å². The molecule has 0 aliphatic heterocycles. The second kappa shape index (κ2) is 3.03. The normalized spacial score (nSPS) is 20.2. The Morgan fingerprint density at radius 3 is 3.08 bits per heavy atom. The zero-order valence-electron chi connectivity index (χ0n) is 7.30. The van der Waals surface area contributed by atoms with Crippen LogP contribution in [0.25, 0.3) is 0 Å². The first-order chi connectivity index (χ1) is 5.88. The summed E-state index contributed by atoms with van der Waals surface area (Å²) in [6, 6.07) is 8.47. The van der Waals surface area contributed by atoms with Gasteiger partial charge in [-0.3, -0.25) is 0 Å². The third-order valence-corrected chi connectivity index (χ3v) is 2.42. The second-order valence-corrected chi connectivity index (χ2v) is 3.33. The first kappa shape index (κ1) is 7.43. The first-order valence-corrected chi connectivity index (χ1v) is 4.46. The van der Waals surface area contributed by atoms with Gasteiger partial charge in [-0.1, -0.05) is 37.0 Å². The average molecular weight is 156 g/mol. The molecular formula is C12H12. The molecule has 1 aromatic carbocycles. The highest BCUT2D eigenvalue weighted by atomic mass is 14.1. The molecule has 0 heteroatoms. The molecular weight excluding hydrogens is 144 g/mol. The van der Waals surface area contributed by atoms with Gasteiger partial charge in [0.1, 0.15) is 0 Å². The van der Waals surface area contributed by atoms with E-state index in [9.17, 15) is 0 Å². The molecule has 12 heavy (non-hydrogen) atoms. The smallest absolute Gasteiger partial charge is 0.0279 e. The minimum Gasteiger partial charge on any atom is -0.0979 e. The fourth-order valence-electron chi connectivity index (χ4n) is 1.64. The van der Waals surface area contributed by atoms with Crippen LogP contribution in [0.4, 0.5) is 0 Å². The molecule has 2 rings (SSSR count). The monoisotopic (exact) mass is 156 g/mol. The molecule has 0 fully saturated rings. The number of rotatable bonds is 0. The van der Waals surface area contributed by atoms with Gasteiger partial charge in [0.05, 0.1) is 0 Å². The molecule has 1 unspecified atom stereocenters. The lowest BCUT2D eigenvalue weighted by atomic mass is 9.94. The fraction of sp³-hybridized carbons (Fsp3) is 0.333. The van der Waals surface area contributed by atoms with E-state index in [4.69, 9.17) is 0 Å². The summed E-state index contributed by atoms with van der Waals surface area (Å²) in [7, 11) is 0. The zero-order chi connectivity index (χ0) is 8.39. The number of fused-ring (bicyclic) bond motifs is 1. The molecule has 0 saturated heterocycles. The summed E-state index contributed by atoms with van der Waals surface area (Å²) in [4.78, 5) is 0. The lowest BCUT2D eigenvalue weighted by Crippen LogP contribution is -1.94. The van der Waals surface area contributed by atoms with E-state index in [1.54, 1.807) is 0 Å². The molecule has 1 aliphatic carbocycles. The molecule has 1 atom stereocenters. The SMILES string of the molecule is CC1CCC#Cc2ccccc21. The minimum atomic E-state index is 0.656. The van der Waals surface area contributed by atoms with Crippen LogP contribution < -0.4 is 0 Å². The van der Waals surface area contributed by atoms with Crippen LogP contribution in [-0.2, 0) is 0 Å². The molecule has 0 aromatic heterocycles. The second-order valence-electron chi connectivity index (χ2n) is 3.33. The van der Waals surface area contributed by atoms with E-state index in [1.807, 2.05) is 0 Å². The van der Waals surface area contributed by atoms with E-state index < -0.39 is 0 Å². The van der Waals surface area contributed by atoms with Gasteiger partial charge in [-0.05, 0) is 24.0 Å². The highest BCUT2D eigenvalue weighted by Gasteiger charge is 2.09. The summed E-state index contributed by atoms with van der Waals surface area (Å²) < 4.78 is 0. The van der Waals surface area contributed by atoms with Crippen molar-refractivity contribution in [2.24, 2.45) is 0 Å². The van der Waals surface area contributed by atoms with E-state index in [0.29, 0.717) is 5.92 Å². The van der Waals surface area contributed by atoms with Crippen LogP contribution in [0, 0.1) is 11.8 Å². The third kappa shape index (κ3) is 1.23. The summed E-state index contributed by atoms with van der Waals surface area (Å²) >= 11 is 0. The predicted octanol–water partition coefficient (Wildman–Crippen LogP) is 2.94. The molecule has 0 bridgehead atoms. The van der Waals surface area contributed by atoms with Crippen molar-refractivity contribution in [1.82, 2.24) is 0 Å². The largest absolute Gasteiger partial charge is 0.0979 e. The average Bonchev–Trinajstić information content (AvgIpc) is 2.29. The van der Waals surface area contributed by atoms with Gasteiger partial charge in [0.2, 0.25) is 0 Å². The summed E-state index contributed by atoms with van der Waals surface area (Å²) in [5, 5.41) is 0. The standard InChI is InChI=1S/C12H12/c1-10-6-2-3-7-11-8-4-5-9-12(10)11/h4-5,8-10H,2,6H2,1H3. The van der Waals surface area contributed by atoms with Crippen molar-refractivity contribution >= 4 is 0 Å². The Bertz CT molecular complexity index is 339. The van der Waals surface area contributed by atoms with Gasteiger partial charge in [0.25, 0.3) is 0 Å². The van der Waals surface area contributed by atoms with Crippen molar-refractivity contribution in [3.05, 3.63) is 35.4 Å². The van der Waals surface area contributed by atoms with Gasteiger partial charge in [0.15, 0.2) is 0 Å². The molecule has 0 N–H and O–H groups in total. The van der Waals surface area contributed by atoms with Gasteiger partial charge >= 0.3 is 0 Å². The van der Waals surface area contributed by atoms with Gasteiger partial charge in [-0.2, -0.15) is 0 Å². The molecule has 0 amide bonds. The highest BCUT2D eigenvalue weighted by molar-refractivity contribution is 5.44. The van der Waals surface area contributed by atoms with E-state index in [0.717, 1.165) is 6.42 Å². The lowest BCUT2D eigenvalue weighted by molar-refractivity contribution is 0.701. The van der Waals surface area contributed by atoms with Crippen LogP contribution in [0.15, 0.2) is 24.3 Å². The van der Waals surface area contributed by atoms with Crippen LogP contribution in [0.2, 0.25) is 0 Å². The van der Waals surface area contributed by atoms with Crippen LogP contribution in [-0.4, -0.2) is 0 Å². The molecule has 0 radical (unpaired) electrons. The number of hydrogen-bond donors (Lipinski definition) is 0. The van der Waals surface area contributed by atoms with Crippen LogP contribution >= 0.6 is 0 Å². The predicted molar refractivity (Wildman–Crippen MR) is 51.0 cm³/mol. The van der Waals surface area contributed by atoms with E-state index in [-0.39, 0.29) is 0 Å². The van der Waals surface area contributed by atoms with Gasteiger partial charge in [-0.25, -0.2) is 0 Å². The van der Waals surface area contributed by atoms with Crippen LogP contribution in [0.3, 0.4) is 0 Å². The van der Waals surface area contributed by atoms with Crippen molar-refractivity contribution in [1.29, 1.82) is 0 Å². The van der Waals surface area contributed by atoms with E-state index in [2.05, 4.69) is 43.0 Å². The Morgan fingerprint density at radius 1 is 1.33 bits per heavy atom. The molecule has 0 spiro atoms. The Morgan fingerprint density at radius 2 is 2.17 bits per heavy atom. The van der Waals surface area contributed by atoms with Gasteiger partial charge in [0, 0.05) is 12.0 Å². The lowest BCUT2D eigenvalue weighted by Gasteiger charge is -2.09. The molecule has 1 aromatic rings. The maximum Gasteiger partial charge on any atom is 0.0279 e. The van der Waals surface area contributed by atoms with Crippen LogP contribution in [0.5, 0.6) is 0 Å². The Labute approximate surface area is 73.6 Å². The highest BCUT2D eigenvalue weighted by Crippen LogP contribution is 2.25. The number of benzene rings is 1. The van der Waals surface area contributed by atoms with Gasteiger partial charge in [-0.15, -0.1) is 0 Å².